The Labute approximate surface area is 110 Å². The zero-order valence-corrected chi connectivity index (χ0v) is 11.2. The molecule has 5 nitrogen and oxygen atoms in total. The third-order valence-corrected chi connectivity index (χ3v) is 4.33. The van der Waals surface area contributed by atoms with Crippen LogP contribution in [0.3, 0.4) is 0 Å². The van der Waals surface area contributed by atoms with Gasteiger partial charge in [0.05, 0.1) is 18.4 Å². The largest absolute Gasteiger partial charge is 0.477 e. The van der Waals surface area contributed by atoms with Crippen LogP contribution in [0.1, 0.15) is 26.2 Å². The van der Waals surface area contributed by atoms with Crippen molar-refractivity contribution in [3.63, 3.8) is 0 Å². The topological polar surface area (TPSA) is 66.8 Å². The summed E-state index contributed by atoms with van der Waals surface area (Å²) in [6.07, 6.45) is 2.46. The zero-order valence-electron chi connectivity index (χ0n) is 10.3. The molecular formula is C12H17NO4S. The lowest BCUT2D eigenvalue weighted by Gasteiger charge is -2.43. The molecular weight excluding hydrogens is 254 g/mol. The van der Waals surface area contributed by atoms with Crippen LogP contribution in [0.5, 0.6) is 0 Å². The van der Waals surface area contributed by atoms with E-state index in [-0.39, 0.29) is 17.0 Å². The van der Waals surface area contributed by atoms with E-state index in [2.05, 4.69) is 6.92 Å². The van der Waals surface area contributed by atoms with Crippen LogP contribution < -0.4 is 0 Å². The summed E-state index contributed by atoms with van der Waals surface area (Å²) in [6, 6.07) is 0. The molecule has 0 unspecified atom stereocenters. The van der Waals surface area contributed by atoms with Gasteiger partial charge in [0.1, 0.15) is 5.70 Å². The molecule has 0 radical (unpaired) electrons. The molecule has 1 amide bonds. The maximum Gasteiger partial charge on any atom is 0.352 e. The molecule has 1 N–H and O–H groups in total. The maximum absolute atomic E-state index is 11.5. The third kappa shape index (κ3) is 2.54. The molecule has 0 bridgehead atoms. The zero-order chi connectivity index (χ0) is 13.1. The van der Waals surface area contributed by atoms with Gasteiger partial charge in [-0.2, -0.15) is 0 Å². The van der Waals surface area contributed by atoms with Gasteiger partial charge < -0.3 is 9.84 Å². The lowest BCUT2D eigenvalue weighted by Crippen LogP contribution is -2.54. The highest BCUT2D eigenvalue weighted by molar-refractivity contribution is 8.00. The van der Waals surface area contributed by atoms with Crippen molar-refractivity contribution in [2.45, 2.75) is 31.6 Å². The number of β-lactam (4-membered cyclic amide) rings is 1. The number of ether oxygens (including phenoxy) is 1. The normalized spacial score (nSPS) is 22.8. The third-order valence-electron chi connectivity index (χ3n) is 3.05. The molecule has 2 heterocycles. The lowest BCUT2D eigenvalue weighted by atomic mass is 10.1. The summed E-state index contributed by atoms with van der Waals surface area (Å²) in [5.74, 6) is -0.486. The number of hydrogen-bond donors (Lipinski definition) is 1. The van der Waals surface area contributed by atoms with Gasteiger partial charge in [-0.25, -0.2) is 4.79 Å². The van der Waals surface area contributed by atoms with Crippen molar-refractivity contribution in [3.8, 4) is 0 Å². The number of unbranched alkanes of at least 4 members (excludes halogenated alkanes) is 1. The molecule has 0 aliphatic carbocycles. The highest BCUT2D eigenvalue weighted by Gasteiger charge is 2.45. The maximum atomic E-state index is 11.5. The van der Waals surface area contributed by atoms with Gasteiger partial charge in [-0.3, -0.25) is 9.69 Å². The van der Waals surface area contributed by atoms with E-state index in [9.17, 15) is 14.7 Å². The minimum Gasteiger partial charge on any atom is -0.477 e. The average Bonchev–Trinajstić information content (AvgIpc) is 2.33. The molecule has 0 aromatic heterocycles. The summed E-state index contributed by atoms with van der Waals surface area (Å²) in [7, 11) is 0. The molecule has 6 heteroatoms. The monoisotopic (exact) mass is 271 g/mol. The number of hydrogen-bond acceptors (Lipinski definition) is 4. The highest BCUT2D eigenvalue weighted by atomic mass is 32.2. The van der Waals surface area contributed by atoms with E-state index in [0.717, 1.165) is 12.8 Å². The van der Waals surface area contributed by atoms with E-state index in [4.69, 9.17) is 4.74 Å². The smallest absolute Gasteiger partial charge is 0.352 e. The molecule has 2 aliphatic heterocycles. The van der Waals surface area contributed by atoms with Gasteiger partial charge >= 0.3 is 5.97 Å². The average molecular weight is 271 g/mol. The minimum absolute atomic E-state index is 0.0167. The minimum atomic E-state index is -1.03. The van der Waals surface area contributed by atoms with E-state index in [0.29, 0.717) is 31.0 Å². The van der Waals surface area contributed by atoms with Gasteiger partial charge in [0.2, 0.25) is 5.91 Å². The molecule has 1 fully saturated rings. The first kappa shape index (κ1) is 13.4. The summed E-state index contributed by atoms with van der Waals surface area (Å²) in [4.78, 5) is 24.1. The fourth-order valence-corrected chi connectivity index (χ4v) is 3.28. The van der Waals surface area contributed by atoms with Crippen molar-refractivity contribution >= 4 is 23.6 Å². The Kier molecular flexibility index (Phi) is 4.29. The molecule has 0 saturated carbocycles. The molecule has 1 saturated heterocycles. The Morgan fingerprint density at radius 3 is 3.00 bits per heavy atom. The molecule has 2 rings (SSSR count). The predicted octanol–water partition coefficient (Wildman–Crippen LogP) is 1.45. The Hall–Kier alpha value is -1.01. The molecule has 2 aliphatic rings. The van der Waals surface area contributed by atoms with Crippen LogP contribution in [0.15, 0.2) is 11.3 Å². The van der Waals surface area contributed by atoms with Crippen LogP contribution in [0, 0.1) is 0 Å². The van der Waals surface area contributed by atoms with Crippen molar-refractivity contribution in [2.75, 3.05) is 19.0 Å². The van der Waals surface area contributed by atoms with E-state index in [1.54, 1.807) is 11.8 Å². The number of fused-ring (bicyclic) bond motifs is 1. The van der Waals surface area contributed by atoms with Crippen LogP contribution in [0.25, 0.3) is 0 Å². The van der Waals surface area contributed by atoms with Crippen LogP contribution in [-0.4, -0.2) is 46.2 Å². The Morgan fingerprint density at radius 1 is 1.61 bits per heavy atom. The van der Waals surface area contributed by atoms with Gasteiger partial charge in [-0.05, 0) is 12.0 Å². The molecule has 0 spiro atoms. The van der Waals surface area contributed by atoms with Crippen molar-refractivity contribution in [3.05, 3.63) is 11.3 Å². The second-order valence-corrected chi connectivity index (χ2v) is 5.56. The van der Waals surface area contributed by atoms with Gasteiger partial charge in [0.25, 0.3) is 0 Å². The predicted molar refractivity (Wildman–Crippen MR) is 68.1 cm³/mol. The second kappa shape index (κ2) is 5.75. The lowest BCUT2D eigenvalue weighted by molar-refractivity contribution is -0.146. The quantitative estimate of drug-likeness (QED) is 0.585. The van der Waals surface area contributed by atoms with Crippen molar-refractivity contribution in [1.29, 1.82) is 0 Å². The summed E-state index contributed by atoms with van der Waals surface area (Å²) < 4.78 is 5.46. The van der Waals surface area contributed by atoms with Crippen molar-refractivity contribution in [2.24, 2.45) is 0 Å². The number of carbonyl (C=O) groups is 2. The van der Waals surface area contributed by atoms with Gasteiger partial charge in [0, 0.05) is 12.4 Å². The summed E-state index contributed by atoms with van der Waals surface area (Å²) in [6.45, 7) is 3.02. The van der Waals surface area contributed by atoms with Crippen LogP contribution in [0.4, 0.5) is 0 Å². The Balaban J connectivity index is 2.05. The summed E-state index contributed by atoms with van der Waals surface area (Å²) in [5.41, 5.74) is 0.861. The van der Waals surface area contributed by atoms with Gasteiger partial charge in [-0.1, -0.05) is 13.3 Å². The standard InChI is InChI=1S/C12H17NO4S/c1-2-3-4-17-6-8-7-18-10-5-9(14)13(10)11(8)12(15)16/h10H,2-7H2,1H3,(H,15,16)/t10-/m0/s1. The summed E-state index contributed by atoms with van der Waals surface area (Å²) in [5, 5.41) is 9.25. The number of carboxylic acids is 1. The van der Waals surface area contributed by atoms with E-state index < -0.39 is 5.97 Å². The molecule has 18 heavy (non-hydrogen) atoms. The van der Waals surface area contributed by atoms with Crippen LogP contribution >= 0.6 is 11.8 Å². The number of nitrogens with zero attached hydrogens (tertiary/aromatic N) is 1. The summed E-state index contributed by atoms with van der Waals surface area (Å²) >= 11 is 1.61. The van der Waals surface area contributed by atoms with E-state index >= 15 is 0 Å². The number of rotatable bonds is 6. The first-order valence-electron chi connectivity index (χ1n) is 6.12. The van der Waals surface area contributed by atoms with Crippen LogP contribution in [0.2, 0.25) is 0 Å². The number of amides is 1. The second-order valence-electron chi connectivity index (χ2n) is 4.40. The number of aliphatic carboxylic acids is 1. The molecule has 0 aromatic rings. The number of thioether (sulfide) groups is 1. The molecule has 0 aromatic carbocycles. The first-order valence-corrected chi connectivity index (χ1v) is 7.16. The van der Waals surface area contributed by atoms with E-state index in [1.165, 1.54) is 4.90 Å². The van der Waals surface area contributed by atoms with Crippen molar-refractivity contribution < 1.29 is 19.4 Å². The SMILES string of the molecule is CCCCOCC1=C(C(=O)O)N2C(=O)C[C@@H]2SC1. The fraction of sp³-hybridized carbons (Fsp3) is 0.667. The van der Waals surface area contributed by atoms with Gasteiger partial charge in [-0.15, -0.1) is 11.8 Å². The number of carbonyl (C=O) groups excluding carboxylic acids is 1. The molecule has 100 valence electrons. The van der Waals surface area contributed by atoms with Gasteiger partial charge in [0.15, 0.2) is 0 Å². The number of carboxylic acid groups (broad SMARTS) is 1. The highest BCUT2D eigenvalue weighted by Crippen LogP contribution is 2.39. The van der Waals surface area contributed by atoms with Crippen molar-refractivity contribution in [1.82, 2.24) is 4.90 Å². The fourth-order valence-electron chi connectivity index (χ4n) is 2.03. The van der Waals surface area contributed by atoms with E-state index in [1.807, 2.05) is 0 Å². The Morgan fingerprint density at radius 2 is 2.39 bits per heavy atom. The van der Waals surface area contributed by atoms with Crippen LogP contribution in [-0.2, 0) is 14.3 Å². The first-order chi connectivity index (χ1) is 8.65. The molecule has 1 atom stereocenters. The Bertz CT molecular complexity index is 394.